The van der Waals surface area contributed by atoms with Crippen LogP contribution in [-0.4, -0.2) is 6.54 Å². The zero-order valence-corrected chi connectivity index (χ0v) is 8.29. The lowest BCUT2D eigenvalue weighted by Gasteiger charge is -2.17. The van der Waals surface area contributed by atoms with Crippen molar-refractivity contribution in [1.82, 2.24) is 0 Å². The van der Waals surface area contributed by atoms with Gasteiger partial charge in [-0.2, -0.15) is 0 Å². The topological polar surface area (TPSA) is 26.0 Å². The van der Waals surface area contributed by atoms with Gasteiger partial charge in [-0.3, -0.25) is 0 Å². The average molecular weight is 242 g/mol. The molecular weight excluding hydrogens is 234 g/mol. The minimum Gasteiger partial charge on any atom is -0.330 e. The van der Waals surface area contributed by atoms with E-state index in [-0.39, 0.29) is 6.54 Å². The summed E-state index contributed by atoms with van der Waals surface area (Å²) in [6.07, 6.45) is -0.832. The van der Waals surface area contributed by atoms with E-state index in [1.54, 1.807) is 0 Å². The molecule has 1 aromatic carbocycles. The Labute approximate surface area is 88.8 Å². The SMILES string of the molecule is NCCC(F)(F)c1c(F)ccc(Cl)c1F. The molecule has 1 rings (SSSR count). The summed E-state index contributed by atoms with van der Waals surface area (Å²) < 4.78 is 52.7. The summed E-state index contributed by atoms with van der Waals surface area (Å²) in [6.45, 7) is -0.377. The van der Waals surface area contributed by atoms with Crippen molar-refractivity contribution in [3.8, 4) is 0 Å². The van der Waals surface area contributed by atoms with E-state index in [2.05, 4.69) is 0 Å². The standard InChI is InChI=1S/C9H8ClF4N/c10-5-1-2-6(11)7(8(5)12)9(13,14)3-4-15/h1-2H,3-4,15H2. The van der Waals surface area contributed by atoms with Crippen molar-refractivity contribution in [3.05, 3.63) is 34.4 Å². The summed E-state index contributed by atoms with van der Waals surface area (Å²) in [4.78, 5) is 0. The Morgan fingerprint density at radius 1 is 1.27 bits per heavy atom. The first kappa shape index (κ1) is 12.3. The number of hydrogen-bond acceptors (Lipinski definition) is 1. The number of hydrogen-bond donors (Lipinski definition) is 1. The second-order valence-electron chi connectivity index (χ2n) is 2.96. The Hall–Kier alpha value is -0.810. The molecule has 0 aliphatic heterocycles. The van der Waals surface area contributed by atoms with Crippen LogP contribution in [0.15, 0.2) is 12.1 Å². The van der Waals surface area contributed by atoms with E-state index in [9.17, 15) is 17.6 Å². The summed E-state index contributed by atoms with van der Waals surface area (Å²) in [6, 6.07) is 1.58. The normalized spacial score (nSPS) is 11.9. The lowest BCUT2D eigenvalue weighted by molar-refractivity contribution is -0.0176. The smallest absolute Gasteiger partial charge is 0.280 e. The first-order chi connectivity index (χ1) is 6.90. The molecular formula is C9H8ClF4N. The highest BCUT2D eigenvalue weighted by Gasteiger charge is 2.37. The lowest BCUT2D eigenvalue weighted by Crippen LogP contribution is -2.22. The van der Waals surface area contributed by atoms with Gasteiger partial charge >= 0.3 is 0 Å². The molecule has 1 nitrogen and oxygen atoms in total. The minimum absolute atomic E-state index is 0.377. The first-order valence-corrected chi connectivity index (χ1v) is 4.50. The van der Waals surface area contributed by atoms with Crippen LogP contribution in [-0.2, 0) is 5.92 Å². The van der Waals surface area contributed by atoms with E-state index < -0.39 is 34.6 Å². The van der Waals surface area contributed by atoms with Gasteiger partial charge in [-0.15, -0.1) is 0 Å². The van der Waals surface area contributed by atoms with Gasteiger partial charge in [0, 0.05) is 6.42 Å². The predicted molar refractivity (Wildman–Crippen MR) is 48.9 cm³/mol. The fourth-order valence-electron chi connectivity index (χ4n) is 1.17. The highest BCUT2D eigenvalue weighted by molar-refractivity contribution is 6.30. The third kappa shape index (κ3) is 2.41. The van der Waals surface area contributed by atoms with Gasteiger partial charge in [0.25, 0.3) is 5.92 Å². The van der Waals surface area contributed by atoms with Crippen LogP contribution in [0.4, 0.5) is 17.6 Å². The highest BCUT2D eigenvalue weighted by Crippen LogP contribution is 2.36. The van der Waals surface area contributed by atoms with Crippen molar-refractivity contribution in [3.63, 3.8) is 0 Å². The number of benzene rings is 1. The third-order valence-electron chi connectivity index (χ3n) is 1.87. The van der Waals surface area contributed by atoms with Crippen molar-refractivity contribution in [1.29, 1.82) is 0 Å². The Morgan fingerprint density at radius 2 is 1.87 bits per heavy atom. The van der Waals surface area contributed by atoms with Crippen LogP contribution < -0.4 is 5.73 Å². The molecule has 0 heterocycles. The number of nitrogens with two attached hydrogens (primary N) is 1. The quantitative estimate of drug-likeness (QED) is 0.639. The molecule has 0 unspecified atom stereocenters. The van der Waals surface area contributed by atoms with Crippen LogP contribution in [0.25, 0.3) is 0 Å². The van der Waals surface area contributed by atoms with Crippen molar-refractivity contribution in [2.75, 3.05) is 6.54 Å². The zero-order chi connectivity index (χ0) is 11.6. The summed E-state index contributed by atoms with van der Waals surface area (Å²) >= 11 is 5.29. The summed E-state index contributed by atoms with van der Waals surface area (Å²) in [5.41, 5.74) is 3.61. The molecule has 0 saturated carbocycles. The maximum absolute atomic E-state index is 13.2. The summed E-state index contributed by atoms with van der Waals surface area (Å²) in [5.74, 6) is -6.40. The molecule has 84 valence electrons. The summed E-state index contributed by atoms with van der Waals surface area (Å²) in [5, 5.41) is -0.539. The molecule has 0 radical (unpaired) electrons. The van der Waals surface area contributed by atoms with Crippen LogP contribution >= 0.6 is 11.6 Å². The molecule has 0 atom stereocenters. The zero-order valence-electron chi connectivity index (χ0n) is 7.54. The Bertz CT molecular complexity index is 367. The van der Waals surface area contributed by atoms with Crippen molar-refractivity contribution in [2.24, 2.45) is 5.73 Å². The van der Waals surface area contributed by atoms with E-state index in [0.29, 0.717) is 6.07 Å². The molecule has 0 aliphatic carbocycles. The van der Waals surface area contributed by atoms with Gasteiger partial charge in [-0.25, -0.2) is 17.6 Å². The molecule has 2 N–H and O–H groups in total. The van der Waals surface area contributed by atoms with E-state index >= 15 is 0 Å². The minimum atomic E-state index is -3.65. The maximum atomic E-state index is 13.2. The number of rotatable bonds is 3. The molecule has 0 amide bonds. The average Bonchev–Trinajstić information content (AvgIpc) is 2.11. The molecule has 0 aliphatic rings. The van der Waals surface area contributed by atoms with Gasteiger partial charge in [0.2, 0.25) is 0 Å². The molecule has 0 saturated heterocycles. The Kier molecular flexibility index (Phi) is 3.57. The molecule has 0 fully saturated rings. The van der Waals surface area contributed by atoms with E-state index in [1.165, 1.54) is 0 Å². The fraction of sp³-hybridized carbons (Fsp3) is 0.333. The predicted octanol–water partition coefficient (Wildman–Crippen LogP) is 3.06. The van der Waals surface area contributed by atoms with E-state index in [1.807, 2.05) is 0 Å². The molecule has 0 aromatic heterocycles. The van der Waals surface area contributed by atoms with Crippen LogP contribution in [0.5, 0.6) is 0 Å². The fourth-order valence-corrected chi connectivity index (χ4v) is 1.33. The van der Waals surface area contributed by atoms with Crippen LogP contribution in [0, 0.1) is 11.6 Å². The van der Waals surface area contributed by atoms with E-state index in [0.717, 1.165) is 6.07 Å². The van der Waals surface area contributed by atoms with Gasteiger partial charge in [-0.1, -0.05) is 11.6 Å². The Morgan fingerprint density at radius 3 is 2.40 bits per heavy atom. The van der Waals surface area contributed by atoms with Gasteiger partial charge in [0.05, 0.1) is 10.6 Å². The van der Waals surface area contributed by atoms with Gasteiger partial charge < -0.3 is 5.73 Å². The number of alkyl halides is 2. The second kappa shape index (κ2) is 4.37. The second-order valence-corrected chi connectivity index (χ2v) is 3.37. The van der Waals surface area contributed by atoms with Crippen molar-refractivity contribution >= 4 is 11.6 Å². The Balaban J connectivity index is 3.29. The third-order valence-corrected chi connectivity index (χ3v) is 2.16. The van der Waals surface area contributed by atoms with Gasteiger partial charge in [0.15, 0.2) is 5.82 Å². The van der Waals surface area contributed by atoms with Crippen molar-refractivity contribution < 1.29 is 17.6 Å². The lowest BCUT2D eigenvalue weighted by atomic mass is 10.0. The van der Waals surface area contributed by atoms with Crippen LogP contribution in [0.1, 0.15) is 12.0 Å². The highest BCUT2D eigenvalue weighted by atomic mass is 35.5. The molecule has 0 bridgehead atoms. The van der Waals surface area contributed by atoms with E-state index in [4.69, 9.17) is 17.3 Å². The maximum Gasteiger partial charge on any atom is 0.280 e. The molecule has 15 heavy (non-hydrogen) atoms. The largest absolute Gasteiger partial charge is 0.330 e. The molecule has 0 spiro atoms. The van der Waals surface area contributed by atoms with Gasteiger partial charge in [-0.05, 0) is 18.7 Å². The number of halogens is 5. The molecule has 6 heteroatoms. The molecule has 1 aromatic rings. The summed E-state index contributed by atoms with van der Waals surface area (Å²) in [7, 11) is 0. The van der Waals surface area contributed by atoms with Crippen molar-refractivity contribution in [2.45, 2.75) is 12.3 Å². The van der Waals surface area contributed by atoms with Crippen LogP contribution in [0.3, 0.4) is 0 Å². The first-order valence-electron chi connectivity index (χ1n) is 4.12. The van der Waals surface area contributed by atoms with Gasteiger partial charge in [0.1, 0.15) is 5.82 Å². The monoisotopic (exact) mass is 241 g/mol. The van der Waals surface area contributed by atoms with Crippen LogP contribution in [0.2, 0.25) is 5.02 Å².